The molecule has 1 aliphatic carbocycles. The minimum Gasteiger partial charge on any atom is -0.489 e. The fourth-order valence-electron chi connectivity index (χ4n) is 4.85. The molecule has 2 rings (SSSR count). The van der Waals surface area contributed by atoms with E-state index in [0.717, 1.165) is 18.2 Å². The number of nitrogens with zero attached hydrogens (tertiary/aromatic N) is 1. The van der Waals surface area contributed by atoms with Gasteiger partial charge in [-0.05, 0) is 63.3 Å². The van der Waals surface area contributed by atoms with E-state index < -0.39 is 85.2 Å². The standard InChI is InChI=1S/C32H43F3N2O12/c1-21(2)48-30(41)11-6-4-3-5-10-25-26(28(39)17-27(25)38)13-12-24(19-46-23-9-7-8-22(16-23)32(33,34)35)49-31(42)18-36-29(40)20-45-14-15-47-37(43)44/h3,5,7-9,12-13,16,21,24-28,38-39H,4,6,10-11,14-15,17-20H2,1-2H3,(H,36,40)/b5-3-,13-12+/t24-,25-,26-,27+,28-/m1/s1. The van der Waals surface area contributed by atoms with E-state index in [9.17, 15) is 47.9 Å². The number of ether oxygens (including phenoxy) is 4. The number of aliphatic hydroxyl groups is 2. The maximum Gasteiger partial charge on any atom is 0.416 e. The van der Waals surface area contributed by atoms with Gasteiger partial charge in [0.15, 0.2) is 6.10 Å². The Labute approximate surface area is 281 Å². The molecule has 0 unspecified atom stereocenters. The molecule has 49 heavy (non-hydrogen) atoms. The summed E-state index contributed by atoms with van der Waals surface area (Å²) in [6.07, 6.45) is 0.807. The number of halogens is 3. The van der Waals surface area contributed by atoms with Gasteiger partial charge in [0.25, 0.3) is 5.09 Å². The lowest BCUT2D eigenvalue weighted by Crippen LogP contribution is -2.36. The number of carbonyl (C=O) groups is 3. The van der Waals surface area contributed by atoms with Crippen LogP contribution in [0, 0.1) is 22.0 Å². The summed E-state index contributed by atoms with van der Waals surface area (Å²) >= 11 is 0. The van der Waals surface area contributed by atoms with E-state index in [0.29, 0.717) is 19.3 Å². The molecular formula is C32H43F3N2O12. The van der Waals surface area contributed by atoms with Gasteiger partial charge in [-0.15, -0.1) is 10.1 Å². The van der Waals surface area contributed by atoms with E-state index in [4.69, 9.17) is 18.9 Å². The van der Waals surface area contributed by atoms with Crippen LogP contribution in [0.5, 0.6) is 5.75 Å². The summed E-state index contributed by atoms with van der Waals surface area (Å²) in [7, 11) is 0. The number of unbranched alkanes of at least 4 members (excludes halogenated alkanes) is 1. The van der Waals surface area contributed by atoms with Crippen molar-refractivity contribution >= 4 is 17.8 Å². The zero-order chi connectivity index (χ0) is 36.4. The Morgan fingerprint density at radius 3 is 2.55 bits per heavy atom. The van der Waals surface area contributed by atoms with E-state index in [-0.39, 0.29) is 37.3 Å². The molecule has 3 N–H and O–H groups in total. The maximum atomic E-state index is 13.2. The number of benzene rings is 1. The molecule has 1 aromatic carbocycles. The number of aliphatic hydroxyl groups excluding tert-OH is 2. The van der Waals surface area contributed by atoms with Gasteiger partial charge >= 0.3 is 18.1 Å². The fraction of sp³-hybridized carbons (Fsp3) is 0.594. The third kappa shape index (κ3) is 16.6. The molecule has 1 amide bonds. The topological polar surface area (TPSA) is 193 Å². The van der Waals surface area contributed by atoms with Crippen LogP contribution in [0.25, 0.3) is 0 Å². The molecule has 0 heterocycles. The molecule has 0 saturated heterocycles. The summed E-state index contributed by atoms with van der Waals surface area (Å²) < 4.78 is 60.4. The van der Waals surface area contributed by atoms with Crippen molar-refractivity contribution in [3.8, 4) is 5.75 Å². The van der Waals surface area contributed by atoms with Gasteiger partial charge in [0.1, 0.15) is 32.1 Å². The highest BCUT2D eigenvalue weighted by Crippen LogP contribution is 2.36. The first-order valence-corrected chi connectivity index (χ1v) is 15.7. The number of hydrogen-bond acceptors (Lipinski definition) is 12. The number of allylic oxidation sites excluding steroid dienone is 2. The van der Waals surface area contributed by atoms with Crippen molar-refractivity contribution in [2.75, 3.05) is 33.0 Å². The zero-order valence-electron chi connectivity index (χ0n) is 27.2. The third-order valence-electron chi connectivity index (χ3n) is 7.10. The minimum atomic E-state index is -4.62. The highest BCUT2D eigenvalue weighted by molar-refractivity contribution is 5.82. The number of rotatable bonds is 21. The quantitative estimate of drug-likeness (QED) is 0.0557. The maximum absolute atomic E-state index is 13.2. The Morgan fingerprint density at radius 1 is 1.10 bits per heavy atom. The largest absolute Gasteiger partial charge is 0.489 e. The number of carbonyl (C=O) groups excluding carboxylic acids is 3. The molecule has 0 spiro atoms. The van der Waals surface area contributed by atoms with Crippen LogP contribution in [0.15, 0.2) is 48.6 Å². The number of nitrogens with one attached hydrogen (secondary N) is 1. The smallest absolute Gasteiger partial charge is 0.416 e. The summed E-state index contributed by atoms with van der Waals surface area (Å²) in [4.78, 5) is 50.4. The van der Waals surface area contributed by atoms with Crippen molar-refractivity contribution < 1.29 is 66.6 Å². The van der Waals surface area contributed by atoms with Gasteiger partial charge in [-0.3, -0.25) is 14.4 Å². The second-order valence-electron chi connectivity index (χ2n) is 11.4. The van der Waals surface area contributed by atoms with Crippen LogP contribution < -0.4 is 10.1 Å². The highest BCUT2D eigenvalue weighted by Gasteiger charge is 2.39. The van der Waals surface area contributed by atoms with Crippen LogP contribution in [0.1, 0.15) is 51.5 Å². The second-order valence-corrected chi connectivity index (χ2v) is 11.4. The van der Waals surface area contributed by atoms with Crippen LogP contribution in [-0.4, -0.2) is 90.5 Å². The number of alkyl halides is 3. The summed E-state index contributed by atoms with van der Waals surface area (Å²) in [5.74, 6) is -3.09. The molecule has 0 bridgehead atoms. The van der Waals surface area contributed by atoms with Gasteiger partial charge in [0, 0.05) is 18.8 Å². The van der Waals surface area contributed by atoms with Crippen molar-refractivity contribution in [3.63, 3.8) is 0 Å². The van der Waals surface area contributed by atoms with E-state index in [1.165, 1.54) is 12.1 Å². The first-order valence-electron chi connectivity index (χ1n) is 15.7. The number of amides is 1. The molecule has 0 aromatic heterocycles. The van der Waals surface area contributed by atoms with Crippen LogP contribution in [0.4, 0.5) is 13.2 Å². The Hall–Kier alpha value is -4.22. The van der Waals surface area contributed by atoms with Crippen molar-refractivity contribution in [2.24, 2.45) is 11.8 Å². The van der Waals surface area contributed by atoms with E-state index in [1.54, 1.807) is 19.9 Å². The lowest BCUT2D eigenvalue weighted by Gasteiger charge is -2.21. The first kappa shape index (κ1) is 41.0. The van der Waals surface area contributed by atoms with Crippen molar-refractivity contribution in [2.45, 2.75) is 76.5 Å². The monoisotopic (exact) mass is 704 g/mol. The highest BCUT2D eigenvalue weighted by atomic mass is 19.4. The van der Waals surface area contributed by atoms with Gasteiger partial charge in [0.2, 0.25) is 5.91 Å². The summed E-state index contributed by atoms with van der Waals surface area (Å²) in [6.45, 7) is 1.31. The van der Waals surface area contributed by atoms with Crippen molar-refractivity contribution in [3.05, 3.63) is 64.2 Å². The van der Waals surface area contributed by atoms with Gasteiger partial charge in [-0.25, -0.2) is 0 Å². The number of hydrogen-bond donors (Lipinski definition) is 3. The normalized spacial score (nSPS) is 20.0. The number of esters is 2. The van der Waals surface area contributed by atoms with E-state index >= 15 is 0 Å². The van der Waals surface area contributed by atoms with Crippen LogP contribution >= 0.6 is 0 Å². The lowest BCUT2D eigenvalue weighted by atomic mass is 9.89. The molecule has 17 heteroatoms. The van der Waals surface area contributed by atoms with Crippen LogP contribution in [0.3, 0.4) is 0 Å². The Kier molecular flexibility index (Phi) is 17.5. The molecule has 274 valence electrons. The fourth-order valence-corrected chi connectivity index (χ4v) is 4.85. The van der Waals surface area contributed by atoms with Crippen LogP contribution in [0.2, 0.25) is 0 Å². The Morgan fingerprint density at radius 2 is 1.86 bits per heavy atom. The summed E-state index contributed by atoms with van der Waals surface area (Å²) in [5.41, 5.74) is -0.946. The predicted molar refractivity (Wildman–Crippen MR) is 165 cm³/mol. The van der Waals surface area contributed by atoms with E-state index in [1.807, 2.05) is 12.2 Å². The third-order valence-corrected chi connectivity index (χ3v) is 7.10. The SMILES string of the molecule is CC(C)OC(=O)CCC/C=C\C[C@@H]1[C@@H](/C=C/[C@H](COc2cccc(C(F)(F)F)c2)OC(=O)CNC(=O)COCCO[N+](=O)[O-])[C@H](O)C[C@@H]1O. The van der Waals surface area contributed by atoms with Gasteiger partial charge in [0.05, 0.1) is 30.5 Å². The molecule has 0 aliphatic heterocycles. The van der Waals surface area contributed by atoms with Crippen LogP contribution in [-0.2, 0) is 39.6 Å². The average Bonchev–Trinajstić information content (AvgIpc) is 3.29. The average molecular weight is 705 g/mol. The predicted octanol–water partition coefficient (Wildman–Crippen LogP) is 3.32. The zero-order valence-corrected chi connectivity index (χ0v) is 27.2. The van der Waals surface area contributed by atoms with Crippen molar-refractivity contribution in [1.29, 1.82) is 0 Å². The molecule has 1 aliphatic rings. The molecule has 14 nitrogen and oxygen atoms in total. The molecule has 5 atom stereocenters. The Bertz CT molecular complexity index is 1270. The molecular weight excluding hydrogens is 661 g/mol. The van der Waals surface area contributed by atoms with Gasteiger partial charge < -0.3 is 39.3 Å². The Balaban J connectivity index is 2.04. The lowest BCUT2D eigenvalue weighted by molar-refractivity contribution is -0.758. The summed E-state index contributed by atoms with van der Waals surface area (Å²) in [6, 6.07) is 4.10. The minimum absolute atomic E-state index is 0.0893. The molecule has 1 aromatic rings. The summed E-state index contributed by atoms with van der Waals surface area (Å²) in [5, 5.41) is 32.6. The van der Waals surface area contributed by atoms with Gasteiger partial charge in [-0.2, -0.15) is 13.2 Å². The van der Waals surface area contributed by atoms with Gasteiger partial charge in [-0.1, -0.05) is 24.3 Å². The van der Waals surface area contributed by atoms with E-state index in [2.05, 4.69) is 10.2 Å². The first-order chi connectivity index (χ1) is 23.1. The molecule has 0 radical (unpaired) electrons. The molecule has 1 fully saturated rings. The molecule has 1 saturated carbocycles. The van der Waals surface area contributed by atoms with Crippen molar-refractivity contribution in [1.82, 2.24) is 5.32 Å². The second kappa shape index (κ2) is 21.0.